The molecule has 1 aliphatic carbocycles. The maximum atomic E-state index is 10.3. The van der Waals surface area contributed by atoms with Gasteiger partial charge in [0.25, 0.3) is 0 Å². The van der Waals surface area contributed by atoms with Crippen molar-refractivity contribution in [3.05, 3.63) is 93.5 Å². The Balaban J connectivity index is 1.26. The number of para-hydroxylation sites is 2. The first kappa shape index (κ1) is 24.6. The number of anilines is 2. The molecule has 0 bridgehead atoms. The van der Waals surface area contributed by atoms with Gasteiger partial charge in [-0.1, -0.05) is 65.7 Å². The molecule has 0 aromatic heterocycles. The Labute approximate surface area is 227 Å². The minimum Gasteiger partial charge on any atom is -0.493 e. The number of hydrogen-bond donors (Lipinski definition) is 2. The molecule has 3 aromatic carbocycles. The van der Waals surface area contributed by atoms with Gasteiger partial charge in [0.2, 0.25) is 0 Å². The predicted octanol–water partition coefficient (Wildman–Crippen LogP) is 6.51. The van der Waals surface area contributed by atoms with Gasteiger partial charge in [0.1, 0.15) is 6.10 Å². The van der Waals surface area contributed by atoms with Crippen LogP contribution in [0.15, 0.2) is 66.7 Å². The summed E-state index contributed by atoms with van der Waals surface area (Å²) in [6.07, 6.45) is 5.98. The number of nitrogens with zero attached hydrogens (tertiary/aromatic N) is 1. The number of ether oxygens (including phenoxy) is 2. The highest BCUT2D eigenvalue weighted by Crippen LogP contribution is 2.55. The van der Waals surface area contributed by atoms with Crippen LogP contribution in [0.4, 0.5) is 11.4 Å². The van der Waals surface area contributed by atoms with Crippen LogP contribution in [0.3, 0.4) is 0 Å². The van der Waals surface area contributed by atoms with Crippen LogP contribution in [0.5, 0.6) is 11.5 Å². The van der Waals surface area contributed by atoms with E-state index in [4.69, 9.17) is 32.7 Å². The van der Waals surface area contributed by atoms with Gasteiger partial charge in [-0.3, -0.25) is 4.90 Å². The summed E-state index contributed by atoms with van der Waals surface area (Å²) in [5.74, 6) is 1.61. The molecule has 3 aromatic rings. The van der Waals surface area contributed by atoms with Crippen LogP contribution in [0.1, 0.15) is 29.5 Å². The summed E-state index contributed by atoms with van der Waals surface area (Å²) >= 11 is 12.8. The van der Waals surface area contributed by atoms with Gasteiger partial charge in [-0.05, 0) is 54.8 Å². The molecule has 0 saturated carbocycles. The fraction of sp³-hybridized carbons (Fsp3) is 0.333. The molecule has 1 unspecified atom stereocenters. The Morgan fingerprint density at radius 2 is 1.92 bits per heavy atom. The van der Waals surface area contributed by atoms with E-state index in [1.807, 2.05) is 36.4 Å². The number of benzene rings is 3. The quantitative estimate of drug-likeness (QED) is 0.351. The summed E-state index contributed by atoms with van der Waals surface area (Å²) in [6.45, 7) is 2.68. The van der Waals surface area contributed by atoms with E-state index in [1.54, 1.807) is 7.11 Å². The lowest BCUT2D eigenvalue weighted by molar-refractivity contribution is 0.0811. The van der Waals surface area contributed by atoms with Gasteiger partial charge < -0.3 is 19.9 Å². The van der Waals surface area contributed by atoms with Crippen molar-refractivity contribution in [2.45, 2.75) is 43.4 Å². The van der Waals surface area contributed by atoms with E-state index in [1.165, 1.54) is 16.7 Å². The van der Waals surface area contributed by atoms with Gasteiger partial charge in [0.15, 0.2) is 11.5 Å². The third kappa shape index (κ3) is 4.38. The normalized spacial score (nSPS) is 24.1. The van der Waals surface area contributed by atoms with Gasteiger partial charge in [-0.15, -0.1) is 0 Å². The van der Waals surface area contributed by atoms with Crippen LogP contribution in [-0.4, -0.2) is 42.4 Å². The third-order valence-corrected chi connectivity index (χ3v) is 8.60. The zero-order valence-electron chi connectivity index (χ0n) is 20.7. The fourth-order valence-corrected chi connectivity index (χ4v) is 6.57. The first-order chi connectivity index (χ1) is 18.0. The van der Waals surface area contributed by atoms with E-state index in [0.29, 0.717) is 16.5 Å². The Morgan fingerprint density at radius 1 is 1.11 bits per heavy atom. The molecule has 6 rings (SSSR count). The average Bonchev–Trinajstić information content (AvgIpc) is 3.14. The third-order valence-electron chi connectivity index (χ3n) is 7.97. The summed E-state index contributed by atoms with van der Waals surface area (Å²) in [5.41, 5.74) is 5.22. The molecule has 3 aliphatic rings. The molecule has 7 heteroatoms. The fourth-order valence-electron chi connectivity index (χ4n) is 6.08. The number of aliphatic hydroxyl groups excluding tert-OH is 1. The SMILES string of the molecule is COc1ccc2c3c1O[C@H]1CC(O)C=C[C@@]31CCN(CCc1ccccc1Nc1c(Cl)cccc1Cl)C2. The van der Waals surface area contributed by atoms with E-state index in [9.17, 15) is 5.11 Å². The van der Waals surface area contributed by atoms with Crippen molar-refractivity contribution in [1.82, 2.24) is 4.90 Å². The molecule has 0 fully saturated rings. The Bertz CT molecular complexity index is 1340. The molecule has 2 heterocycles. The number of methoxy groups -OCH3 is 1. The van der Waals surface area contributed by atoms with Gasteiger partial charge in [-0.2, -0.15) is 0 Å². The molecule has 192 valence electrons. The van der Waals surface area contributed by atoms with Gasteiger partial charge in [0, 0.05) is 30.8 Å². The van der Waals surface area contributed by atoms with Crippen molar-refractivity contribution in [3.63, 3.8) is 0 Å². The highest BCUT2D eigenvalue weighted by atomic mass is 35.5. The van der Waals surface area contributed by atoms with Crippen LogP contribution < -0.4 is 14.8 Å². The summed E-state index contributed by atoms with van der Waals surface area (Å²) in [7, 11) is 1.69. The number of rotatable bonds is 6. The maximum absolute atomic E-state index is 10.3. The Hall–Kier alpha value is -2.70. The summed E-state index contributed by atoms with van der Waals surface area (Å²) < 4.78 is 12.1. The molecule has 2 N–H and O–H groups in total. The molecule has 3 atom stereocenters. The first-order valence-corrected chi connectivity index (χ1v) is 13.5. The minimum atomic E-state index is -0.477. The molecular formula is C30H30Cl2N2O3. The smallest absolute Gasteiger partial charge is 0.166 e. The van der Waals surface area contributed by atoms with Crippen molar-refractivity contribution < 1.29 is 14.6 Å². The summed E-state index contributed by atoms with van der Waals surface area (Å²) in [4.78, 5) is 2.52. The highest BCUT2D eigenvalue weighted by molar-refractivity contribution is 6.39. The number of nitrogens with one attached hydrogen (secondary N) is 1. The lowest BCUT2D eigenvalue weighted by atomic mass is 9.69. The second-order valence-electron chi connectivity index (χ2n) is 10.1. The second-order valence-corrected chi connectivity index (χ2v) is 10.9. The van der Waals surface area contributed by atoms with Crippen LogP contribution >= 0.6 is 23.2 Å². The molecule has 2 aliphatic heterocycles. The van der Waals surface area contributed by atoms with Crippen LogP contribution in [-0.2, 0) is 18.4 Å². The zero-order chi connectivity index (χ0) is 25.6. The second kappa shape index (κ2) is 9.88. The van der Waals surface area contributed by atoms with Crippen LogP contribution in [0, 0.1) is 0 Å². The van der Waals surface area contributed by atoms with Crippen molar-refractivity contribution in [2.24, 2.45) is 0 Å². The van der Waals surface area contributed by atoms with Crippen molar-refractivity contribution >= 4 is 34.6 Å². The number of aliphatic hydroxyl groups is 1. The van der Waals surface area contributed by atoms with Crippen molar-refractivity contribution in [2.75, 3.05) is 25.5 Å². The molecule has 37 heavy (non-hydrogen) atoms. The van der Waals surface area contributed by atoms with E-state index in [-0.39, 0.29) is 11.5 Å². The van der Waals surface area contributed by atoms with Gasteiger partial charge in [0.05, 0.1) is 34.4 Å². The Kier molecular flexibility index (Phi) is 6.58. The predicted molar refractivity (Wildman–Crippen MR) is 149 cm³/mol. The monoisotopic (exact) mass is 536 g/mol. The first-order valence-electron chi connectivity index (χ1n) is 12.7. The lowest BCUT2D eigenvalue weighted by Gasteiger charge is -2.36. The van der Waals surface area contributed by atoms with E-state index < -0.39 is 6.10 Å². The number of hydrogen-bond acceptors (Lipinski definition) is 5. The van der Waals surface area contributed by atoms with E-state index in [0.717, 1.165) is 55.3 Å². The van der Waals surface area contributed by atoms with Crippen molar-refractivity contribution in [1.29, 1.82) is 0 Å². The zero-order valence-corrected chi connectivity index (χ0v) is 22.2. The molecule has 0 amide bonds. The topological polar surface area (TPSA) is 54.0 Å². The van der Waals surface area contributed by atoms with Crippen LogP contribution in [0.2, 0.25) is 10.0 Å². The standard InChI is InChI=1S/C30H30Cl2N2O3/c1-36-25-10-9-20-18-34(16-14-30-13-11-21(35)17-26(30)37-29(25)27(20)30)15-12-19-5-2-3-8-24(19)33-28-22(31)6-4-7-23(28)32/h2-11,13,21,26,33,35H,12,14-18H2,1H3/t21?,26-,30-/m0/s1. The lowest BCUT2D eigenvalue weighted by Crippen LogP contribution is -2.43. The maximum Gasteiger partial charge on any atom is 0.166 e. The molecule has 5 nitrogen and oxygen atoms in total. The summed E-state index contributed by atoms with van der Waals surface area (Å²) in [5, 5.41) is 15.0. The van der Waals surface area contributed by atoms with E-state index in [2.05, 4.69) is 40.6 Å². The molecule has 0 saturated heterocycles. The van der Waals surface area contributed by atoms with Gasteiger partial charge >= 0.3 is 0 Å². The molecule has 1 spiro atoms. The average molecular weight is 537 g/mol. The largest absolute Gasteiger partial charge is 0.493 e. The number of halogens is 2. The van der Waals surface area contributed by atoms with E-state index >= 15 is 0 Å². The molecule has 0 radical (unpaired) electrons. The summed E-state index contributed by atoms with van der Waals surface area (Å²) in [6, 6.07) is 18.0. The van der Waals surface area contributed by atoms with Crippen LogP contribution in [0.25, 0.3) is 0 Å². The Morgan fingerprint density at radius 3 is 2.73 bits per heavy atom. The molecular weight excluding hydrogens is 507 g/mol. The van der Waals surface area contributed by atoms with Crippen molar-refractivity contribution in [3.8, 4) is 11.5 Å². The highest BCUT2D eigenvalue weighted by Gasteiger charge is 2.52. The minimum absolute atomic E-state index is 0.0807. The van der Waals surface area contributed by atoms with Gasteiger partial charge in [-0.25, -0.2) is 0 Å².